The molecule has 0 unspecified atom stereocenters. The molecular weight excluding hydrogens is 178 g/mol. The maximum Gasteiger partial charge on any atom is 0.213 e. The topological polar surface area (TPSA) is 30.2 Å². The van der Waals surface area contributed by atoms with Gasteiger partial charge in [0.05, 0.1) is 11.9 Å². The third-order valence-corrected chi connectivity index (χ3v) is 3.22. The molecule has 0 aliphatic carbocycles. The molecule has 0 radical (unpaired) electrons. The van der Waals surface area contributed by atoms with E-state index in [-0.39, 0.29) is 0 Å². The van der Waals surface area contributed by atoms with E-state index in [1.807, 2.05) is 23.9 Å². The van der Waals surface area contributed by atoms with Crippen molar-refractivity contribution in [2.45, 2.75) is 11.3 Å². The van der Waals surface area contributed by atoms with E-state index in [1.54, 1.807) is 23.1 Å². The number of fused-ring (bicyclic) bond motifs is 1. The highest BCUT2D eigenvalue weighted by molar-refractivity contribution is 8.00. The van der Waals surface area contributed by atoms with Gasteiger partial charge < -0.3 is 0 Å². The molecule has 0 aromatic carbocycles. The summed E-state index contributed by atoms with van der Waals surface area (Å²) >= 11 is 3.27. The minimum atomic E-state index is 0.979. The molecule has 0 spiro atoms. The molecule has 0 bridgehead atoms. The highest BCUT2D eigenvalue weighted by Crippen LogP contribution is 2.21. The first-order valence-electron chi connectivity index (χ1n) is 3.16. The van der Waals surface area contributed by atoms with Gasteiger partial charge in [-0.3, -0.25) is 0 Å². The van der Waals surface area contributed by atoms with Crippen molar-refractivity contribution in [2.75, 3.05) is 6.26 Å². The van der Waals surface area contributed by atoms with Crippen LogP contribution in [0.1, 0.15) is 5.69 Å². The van der Waals surface area contributed by atoms with E-state index >= 15 is 0 Å². The molecule has 0 N–H and O–H groups in total. The number of hydrogen-bond acceptors (Lipinski definition) is 4. The van der Waals surface area contributed by atoms with Crippen LogP contribution in [0.5, 0.6) is 0 Å². The second-order valence-electron chi connectivity index (χ2n) is 2.18. The van der Waals surface area contributed by atoms with Crippen molar-refractivity contribution < 1.29 is 0 Å². The van der Waals surface area contributed by atoms with Crippen LogP contribution in [0.25, 0.3) is 4.96 Å². The molecule has 5 heteroatoms. The van der Waals surface area contributed by atoms with E-state index in [0.29, 0.717) is 0 Å². The first kappa shape index (κ1) is 7.12. The normalized spacial score (nSPS) is 11.1. The lowest BCUT2D eigenvalue weighted by Gasteiger charge is -1.79. The summed E-state index contributed by atoms with van der Waals surface area (Å²) in [5, 5.41) is 4.29. The molecule has 2 heterocycles. The highest BCUT2D eigenvalue weighted by atomic mass is 32.2. The Morgan fingerprint density at radius 2 is 2.45 bits per heavy atom. The van der Waals surface area contributed by atoms with Gasteiger partial charge in [-0.1, -0.05) is 23.1 Å². The van der Waals surface area contributed by atoms with Crippen LogP contribution in [-0.4, -0.2) is 20.9 Å². The molecule has 2 aromatic heterocycles. The average molecular weight is 185 g/mol. The average Bonchev–Trinajstić information content (AvgIpc) is 2.43. The molecule has 58 valence electrons. The van der Waals surface area contributed by atoms with E-state index < -0.39 is 0 Å². The summed E-state index contributed by atoms with van der Waals surface area (Å²) in [7, 11) is 0. The zero-order valence-corrected chi connectivity index (χ0v) is 7.87. The lowest BCUT2D eigenvalue weighted by Crippen LogP contribution is -1.78. The maximum atomic E-state index is 4.29. The molecule has 0 aliphatic heterocycles. The van der Waals surface area contributed by atoms with Crippen molar-refractivity contribution in [3.63, 3.8) is 0 Å². The van der Waals surface area contributed by atoms with Crippen molar-refractivity contribution in [3.05, 3.63) is 11.9 Å². The van der Waals surface area contributed by atoms with Gasteiger partial charge in [-0.15, -0.1) is 5.10 Å². The van der Waals surface area contributed by atoms with Gasteiger partial charge in [0.1, 0.15) is 0 Å². The number of aryl methyl sites for hydroxylation is 1. The number of hydrogen-bond donors (Lipinski definition) is 0. The number of imidazole rings is 1. The molecule has 0 saturated carbocycles. The molecule has 0 aliphatic rings. The van der Waals surface area contributed by atoms with Gasteiger partial charge in [-0.05, 0) is 13.2 Å². The molecule has 11 heavy (non-hydrogen) atoms. The summed E-state index contributed by atoms with van der Waals surface area (Å²) < 4.78 is 2.89. The minimum Gasteiger partial charge on any atom is -0.223 e. The predicted molar refractivity (Wildman–Crippen MR) is 47.4 cm³/mol. The molecule has 0 saturated heterocycles. The lowest BCUT2D eigenvalue weighted by molar-refractivity contribution is 0.914. The largest absolute Gasteiger partial charge is 0.223 e. The predicted octanol–water partition coefficient (Wildman–Crippen LogP) is 1.82. The Morgan fingerprint density at radius 3 is 3.09 bits per heavy atom. The van der Waals surface area contributed by atoms with Gasteiger partial charge in [0.15, 0.2) is 4.34 Å². The van der Waals surface area contributed by atoms with Crippen LogP contribution in [0, 0.1) is 6.92 Å². The molecule has 2 aromatic rings. The second-order valence-corrected chi connectivity index (χ2v) is 4.19. The van der Waals surface area contributed by atoms with Crippen LogP contribution < -0.4 is 0 Å². The molecule has 0 fully saturated rings. The zero-order chi connectivity index (χ0) is 7.84. The monoisotopic (exact) mass is 185 g/mol. The summed E-state index contributed by atoms with van der Waals surface area (Å²) in [5.74, 6) is 0. The molecule has 2 rings (SSSR count). The Morgan fingerprint density at radius 1 is 1.64 bits per heavy atom. The summed E-state index contributed by atoms with van der Waals surface area (Å²) in [6, 6.07) is 0. The molecule has 0 amide bonds. The van der Waals surface area contributed by atoms with Gasteiger partial charge in [0.2, 0.25) is 4.96 Å². The Balaban J connectivity index is 2.64. The highest BCUT2D eigenvalue weighted by Gasteiger charge is 2.03. The van der Waals surface area contributed by atoms with Crippen molar-refractivity contribution >= 4 is 28.1 Å². The van der Waals surface area contributed by atoms with E-state index in [0.717, 1.165) is 15.0 Å². The van der Waals surface area contributed by atoms with Crippen molar-refractivity contribution in [1.29, 1.82) is 0 Å². The van der Waals surface area contributed by atoms with E-state index in [9.17, 15) is 0 Å². The number of aromatic nitrogens is 3. The summed E-state index contributed by atoms with van der Waals surface area (Å²) in [6.45, 7) is 1.97. The van der Waals surface area contributed by atoms with Crippen LogP contribution >= 0.6 is 23.1 Å². The SMILES string of the molecule is CSc1nn2cc(C)nc2s1. The Labute approximate surface area is 72.5 Å². The molecular formula is C6H7N3S2. The fraction of sp³-hybridized carbons (Fsp3) is 0.333. The van der Waals surface area contributed by atoms with E-state index in [1.165, 1.54) is 0 Å². The zero-order valence-electron chi connectivity index (χ0n) is 6.24. The van der Waals surface area contributed by atoms with E-state index in [2.05, 4.69) is 10.1 Å². The standard InChI is InChI=1S/C6H7N3S2/c1-4-3-9-5(7-4)11-6(8-9)10-2/h3H,1-2H3. The summed E-state index contributed by atoms with van der Waals surface area (Å²) in [5.41, 5.74) is 1.02. The number of rotatable bonds is 1. The number of nitrogens with zero attached hydrogens (tertiary/aromatic N) is 3. The smallest absolute Gasteiger partial charge is 0.213 e. The van der Waals surface area contributed by atoms with Crippen molar-refractivity contribution in [3.8, 4) is 0 Å². The van der Waals surface area contributed by atoms with Crippen LogP contribution in [0.2, 0.25) is 0 Å². The summed E-state index contributed by atoms with van der Waals surface area (Å²) in [6.07, 6.45) is 3.96. The third kappa shape index (κ3) is 1.14. The number of thioether (sulfide) groups is 1. The van der Waals surface area contributed by atoms with Crippen LogP contribution in [0.3, 0.4) is 0 Å². The van der Waals surface area contributed by atoms with Crippen LogP contribution in [-0.2, 0) is 0 Å². The lowest BCUT2D eigenvalue weighted by atomic mass is 10.6. The Bertz CT molecular complexity index is 344. The Hall–Kier alpha value is -0.550. The van der Waals surface area contributed by atoms with Gasteiger partial charge in [0.25, 0.3) is 0 Å². The first-order chi connectivity index (χ1) is 5.29. The van der Waals surface area contributed by atoms with Crippen molar-refractivity contribution in [2.24, 2.45) is 0 Å². The fourth-order valence-electron chi connectivity index (χ4n) is 0.873. The quantitative estimate of drug-likeness (QED) is 0.635. The molecule has 3 nitrogen and oxygen atoms in total. The second kappa shape index (κ2) is 2.49. The van der Waals surface area contributed by atoms with Gasteiger partial charge in [0, 0.05) is 0 Å². The van der Waals surface area contributed by atoms with Gasteiger partial charge in [-0.25, -0.2) is 9.50 Å². The minimum absolute atomic E-state index is 0.979. The van der Waals surface area contributed by atoms with Gasteiger partial charge >= 0.3 is 0 Å². The van der Waals surface area contributed by atoms with Crippen LogP contribution in [0.4, 0.5) is 0 Å². The maximum absolute atomic E-state index is 4.29. The van der Waals surface area contributed by atoms with Crippen LogP contribution in [0.15, 0.2) is 10.5 Å². The Kier molecular flexibility index (Phi) is 1.61. The van der Waals surface area contributed by atoms with Gasteiger partial charge in [-0.2, -0.15) is 0 Å². The van der Waals surface area contributed by atoms with E-state index in [4.69, 9.17) is 0 Å². The molecule has 0 atom stereocenters. The first-order valence-corrected chi connectivity index (χ1v) is 5.20. The third-order valence-electron chi connectivity index (χ3n) is 1.32. The fourth-order valence-corrected chi connectivity index (χ4v) is 2.26. The summed E-state index contributed by atoms with van der Waals surface area (Å²) in [4.78, 5) is 5.27. The van der Waals surface area contributed by atoms with Crippen molar-refractivity contribution in [1.82, 2.24) is 14.6 Å².